The van der Waals surface area contributed by atoms with E-state index in [1.165, 1.54) is 12.1 Å². The average Bonchev–Trinajstić information content (AvgIpc) is 2.68. The molecular formula is C20H21NO6. The number of aryl methyl sites for hydroxylation is 2. The molecule has 142 valence electrons. The minimum absolute atomic E-state index is 0.0755. The van der Waals surface area contributed by atoms with E-state index in [0.717, 1.165) is 17.5 Å². The van der Waals surface area contributed by atoms with E-state index in [0.29, 0.717) is 25.2 Å². The molecule has 1 aliphatic heterocycles. The van der Waals surface area contributed by atoms with Crippen LogP contribution in [0.4, 0.5) is 5.69 Å². The largest absolute Gasteiger partial charge is 0.419 e. The molecule has 0 spiro atoms. The van der Waals surface area contributed by atoms with Gasteiger partial charge in [-0.05, 0) is 37.5 Å². The molecule has 1 saturated heterocycles. The van der Waals surface area contributed by atoms with Crippen molar-refractivity contribution in [1.82, 2.24) is 0 Å². The van der Waals surface area contributed by atoms with Crippen LogP contribution in [0.5, 0.6) is 5.75 Å². The fourth-order valence-electron chi connectivity index (χ4n) is 2.77. The lowest BCUT2D eigenvalue weighted by Crippen LogP contribution is -2.18. The molecule has 3 rings (SSSR count). The predicted octanol–water partition coefficient (Wildman–Crippen LogP) is 3.88. The van der Waals surface area contributed by atoms with Crippen molar-refractivity contribution in [3.05, 3.63) is 69.3 Å². The summed E-state index contributed by atoms with van der Waals surface area (Å²) in [5.41, 5.74) is 2.40. The monoisotopic (exact) mass is 371 g/mol. The Balaban J connectivity index is 1.66. The molecule has 1 aliphatic rings. The number of ether oxygens (including phenoxy) is 3. The lowest BCUT2D eigenvalue weighted by Gasteiger charge is -2.23. The summed E-state index contributed by atoms with van der Waals surface area (Å²) in [4.78, 5) is 22.9. The summed E-state index contributed by atoms with van der Waals surface area (Å²) < 4.78 is 16.2. The maximum atomic E-state index is 12.1. The number of carbonyl (C=O) groups excluding carboxylic acids is 1. The second-order valence-corrected chi connectivity index (χ2v) is 6.37. The van der Waals surface area contributed by atoms with Crippen LogP contribution in [0.25, 0.3) is 0 Å². The zero-order valence-corrected chi connectivity index (χ0v) is 15.1. The predicted molar refractivity (Wildman–Crippen MR) is 97.5 cm³/mol. The first-order valence-corrected chi connectivity index (χ1v) is 8.81. The van der Waals surface area contributed by atoms with E-state index in [4.69, 9.17) is 14.2 Å². The zero-order chi connectivity index (χ0) is 19.2. The summed E-state index contributed by atoms with van der Waals surface area (Å²) in [6.07, 6.45) is 0.796. The highest BCUT2D eigenvalue weighted by Crippen LogP contribution is 2.33. The maximum absolute atomic E-state index is 12.1. The Bertz CT molecular complexity index is 812. The average molecular weight is 371 g/mol. The molecule has 0 N–H and O–H groups in total. The summed E-state index contributed by atoms with van der Waals surface area (Å²) in [7, 11) is 0. The van der Waals surface area contributed by atoms with Gasteiger partial charge >= 0.3 is 11.7 Å². The third-order valence-electron chi connectivity index (χ3n) is 4.24. The summed E-state index contributed by atoms with van der Waals surface area (Å²) >= 11 is 0. The zero-order valence-electron chi connectivity index (χ0n) is 15.1. The molecule has 2 aromatic rings. The van der Waals surface area contributed by atoms with Crippen LogP contribution in [0.3, 0.4) is 0 Å². The van der Waals surface area contributed by atoms with E-state index in [-0.39, 0.29) is 17.9 Å². The molecule has 0 saturated carbocycles. The third kappa shape index (κ3) is 5.12. The Morgan fingerprint density at radius 2 is 1.89 bits per heavy atom. The van der Waals surface area contributed by atoms with Crippen molar-refractivity contribution in [3.63, 3.8) is 0 Å². The molecule has 0 aliphatic carbocycles. The Hall–Kier alpha value is -2.77. The van der Waals surface area contributed by atoms with Gasteiger partial charge in [0.2, 0.25) is 5.75 Å². The van der Waals surface area contributed by atoms with E-state index >= 15 is 0 Å². The number of nitrogens with zero attached hydrogens (tertiary/aromatic N) is 1. The minimum Gasteiger partial charge on any atom is -0.419 e. The number of esters is 1. The van der Waals surface area contributed by atoms with Crippen molar-refractivity contribution < 1.29 is 23.9 Å². The van der Waals surface area contributed by atoms with Crippen molar-refractivity contribution in [2.75, 3.05) is 13.2 Å². The second-order valence-electron chi connectivity index (χ2n) is 6.37. The van der Waals surface area contributed by atoms with Gasteiger partial charge in [0.15, 0.2) is 6.29 Å². The highest BCUT2D eigenvalue weighted by atomic mass is 16.7. The molecule has 7 nitrogen and oxygen atoms in total. The number of rotatable bonds is 6. The Labute approximate surface area is 157 Å². The van der Waals surface area contributed by atoms with Crippen molar-refractivity contribution in [2.24, 2.45) is 0 Å². The SMILES string of the molecule is Cc1ccc(CCC(=O)Oc2ccc(C3OCCCO3)cc2[N+](=O)[O-])cc1. The molecular weight excluding hydrogens is 350 g/mol. The van der Waals surface area contributed by atoms with E-state index in [9.17, 15) is 14.9 Å². The molecule has 1 fully saturated rings. The van der Waals surface area contributed by atoms with Gasteiger partial charge in [-0.2, -0.15) is 0 Å². The Morgan fingerprint density at radius 1 is 1.19 bits per heavy atom. The van der Waals surface area contributed by atoms with Gasteiger partial charge in [0.05, 0.1) is 18.1 Å². The van der Waals surface area contributed by atoms with Crippen molar-refractivity contribution in [2.45, 2.75) is 32.5 Å². The normalized spacial score (nSPS) is 14.7. The molecule has 0 atom stereocenters. The van der Waals surface area contributed by atoms with E-state index in [1.807, 2.05) is 31.2 Å². The molecule has 0 aromatic heterocycles. The highest BCUT2D eigenvalue weighted by Gasteiger charge is 2.24. The smallest absolute Gasteiger partial charge is 0.312 e. The molecule has 2 aromatic carbocycles. The van der Waals surface area contributed by atoms with Gasteiger partial charge in [0, 0.05) is 18.1 Å². The van der Waals surface area contributed by atoms with Crippen LogP contribution >= 0.6 is 0 Å². The van der Waals surface area contributed by atoms with Crippen molar-refractivity contribution >= 4 is 11.7 Å². The van der Waals surface area contributed by atoms with Crippen LogP contribution in [0, 0.1) is 17.0 Å². The third-order valence-corrected chi connectivity index (χ3v) is 4.24. The summed E-state index contributed by atoms with van der Waals surface area (Å²) in [5.74, 6) is -0.593. The molecule has 27 heavy (non-hydrogen) atoms. The molecule has 0 bridgehead atoms. The van der Waals surface area contributed by atoms with Crippen LogP contribution in [-0.2, 0) is 20.7 Å². The molecule has 0 unspecified atom stereocenters. The fraction of sp³-hybridized carbons (Fsp3) is 0.350. The van der Waals surface area contributed by atoms with E-state index in [2.05, 4.69) is 0 Å². The topological polar surface area (TPSA) is 87.9 Å². The van der Waals surface area contributed by atoms with Crippen LogP contribution in [0.2, 0.25) is 0 Å². The molecule has 1 heterocycles. The van der Waals surface area contributed by atoms with Crippen LogP contribution in [-0.4, -0.2) is 24.1 Å². The number of benzene rings is 2. The molecule has 0 amide bonds. The first-order chi connectivity index (χ1) is 13.0. The van der Waals surface area contributed by atoms with E-state index in [1.54, 1.807) is 6.07 Å². The number of nitro benzene ring substituents is 1. The summed E-state index contributed by atoms with van der Waals surface area (Å²) in [6.45, 7) is 3.06. The lowest BCUT2D eigenvalue weighted by atomic mass is 10.1. The van der Waals surface area contributed by atoms with Gasteiger partial charge in [-0.1, -0.05) is 29.8 Å². The van der Waals surface area contributed by atoms with Gasteiger partial charge in [0.1, 0.15) is 0 Å². The lowest BCUT2D eigenvalue weighted by molar-refractivity contribution is -0.385. The first kappa shape index (κ1) is 19.0. The second kappa shape index (κ2) is 8.75. The van der Waals surface area contributed by atoms with Crippen LogP contribution in [0.1, 0.15) is 35.8 Å². The Morgan fingerprint density at radius 3 is 2.56 bits per heavy atom. The van der Waals surface area contributed by atoms with Crippen LogP contribution in [0.15, 0.2) is 42.5 Å². The number of carbonyl (C=O) groups is 1. The van der Waals surface area contributed by atoms with Gasteiger partial charge in [-0.3, -0.25) is 14.9 Å². The number of hydrogen-bond donors (Lipinski definition) is 0. The van der Waals surface area contributed by atoms with E-state index < -0.39 is 17.2 Å². The van der Waals surface area contributed by atoms with Gasteiger partial charge in [-0.25, -0.2) is 0 Å². The van der Waals surface area contributed by atoms with Crippen LogP contribution < -0.4 is 4.74 Å². The Kier molecular flexibility index (Phi) is 6.16. The van der Waals surface area contributed by atoms with Gasteiger partial charge in [-0.15, -0.1) is 0 Å². The fourth-order valence-corrected chi connectivity index (χ4v) is 2.77. The molecule has 0 radical (unpaired) electrons. The highest BCUT2D eigenvalue weighted by molar-refractivity contribution is 5.74. The van der Waals surface area contributed by atoms with Gasteiger partial charge < -0.3 is 14.2 Å². The number of hydrogen-bond acceptors (Lipinski definition) is 6. The number of nitro groups is 1. The quantitative estimate of drug-likeness (QED) is 0.331. The van der Waals surface area contributed by atoms with Crippen molar-refractivity contribution in [3.8, 4) is 5.75 Å². The summed E-state index contributed by atoms with van der Waals surface area (Å²) in [6, 6.07) is 12.2. The maximum Gasteiger partial charge on any atom is 0.312 e. The summed E-state index contributed by atoms with van der Waals surface area (Å²) in [5, 5.41) is 11.4. The van der Waals surface area contributed by atoms with Crippen molar-refractivity contribution in [1.29, 1.82) is 0 Å². The first-order valence-electron chi connectivity index (χ1n) is 8.81. The molecule has 7 heteroatoms. The standard InChI is InChI=1S/C20H21NO6/c1-14-3-5-15(6-4-14)7-10-19(22)27-18-9-8-16(13-17(18)21(23)24)20-25-11-2-12-26-20/h3-6,8-9,13,20H,2,7,10-12H2,1H3. The van der Waals surface area contributed by atoms with Gasteiger partial charge in [0.25, 0.3) is 0 Å². The minimum atomic E-state index is -0.635.